The molecule has 0 atom stereocenters. The van der Waals surface area contributed by atoms with Crippen molar-refractivity contribution in [3.63, 3.8) is 0 Å². The number of likely N-dealkylation sites (tertiary alicyclic amines) is 1. The fourth-order valence-corrected chi connectivity index (χ4v) is 3.19. The van der Waals surface area contributed by atoms with Gasteiger partial charge in [-0.15, -0.1) is 10.2 Å². The Labute approximate surface area is 134 Å². The molecular formula is C15H23F2N3O3. The summed E-state index contributed by atoms with van der Waals surface area (Å²) in [7, 11) is 0. The third-order valence-electron chi connectivity index (χ3n) is 4.47. The summed E-state index contributed by atoms with van der Waals surface area (Å²) in [5.74, 6) is 1.68. The molecule has 0 bridgehead atoms. The van der Waals surface area contributed by atoms with E-state index in [1.165, 1.54) is 0 Å². The van der Waals surface area contributed by atoms with Crippen LogP contribution in [-0.4, -0.2) is 67.6 Å². The van der Waals surface area contributed by atoms with E-state index in [1.54, 1.807) is 0 Å². The summed E-state index contributed by atoms with van der Waals surface area (Å²) in [6.45, 7) is 5.59. The van der Waals surface area contributed by atoms with Crippen LogP contribution < -0.4 is 0 Å². The molecule has 0 unspecified atom stereocenters. The SMILES string of the molecule is CC1(c2nnc(C3CCOCC3)o2)CN(CCOCC(F)F)C1. The Morgan fingerprint density at radius 2 is 2.04 bits per heavy atom. The highest BCUT2D eigenvalue weighted by atomic mass is 19.3. The van der Waals surface area contributed by atoms with Crippen LogP contribution >= 0.6 is 0 Å². The Hall–Kier alpha value is -1.12. The van der Waals surface area contributed by atoms with Crippen molar-refractivity contribution in [3.05, 3.63) is 11.8 Å². The van der Waals surface area contributed by atoms with Crippen LogP contribution in [0.2, 0.25) is 0 Å². The van der Waals surface area contributed by atoms with Gasteiger partial charge in [-0.1, -0.05) is 0 Å². The van der Waals surface area contributed by atoms with E-state index in [-0.39, 0.29) is 5.41 Å². The zero-order chi connectivity index (χ0) is 16.3. The Morgan fingerprint density at radius 1 is 1.30 bits per heavy atom. The molecule has 2 fully saturated rings. The van der Waals surface area contributed by atoms with E-state index < -0.39 is 13.0 Å². The van der Waals surface area contributed by atoms with Gasteiger partial charge in [0.25, 0.3) is 6.43 Å². The van der Waals surface area contributed by atoms with Crippen LogP contribution in [0, 0.1) is 0 Å². The first-order valence-corrected chi connectivity index (χ1v) is 8.07. The second-order valence-corrected chi connectivity index (χ2v) is 6.57. The summed E-state index contributed by atoms with van der Waals surface area (Å²) >= 11 is 0. The van der Waals surface area contributed by atoms with Gasteiger partial charge in [-0.05, 0) is 19.8 Å². The van der Waals surface area contributed by atoms with Gasteiger partial charge in [-0.2, -0.15) is 0 Å². The highest BCUT2D eigenvalue weighted by Crippen LogP contribution is 2.35. The number of rotatable bonds is 7. The molecule has 0 spiro atoms. The molecule has 2 aliphatic heterocycles. The summed E-state index contributed by atoms with van der Waals surface area (Å²) in [6, 6.07) is 0. The lowest BCUT2D eigenvalue weighted by molar-refractivity contribution is -0.0124. The van der Waals surface area contributed by atoms with Crippen LogP contribution in [0.15, 0.2) is 4.42 Å². The third kappa shape index (κ3) is 4.05. The van der Waals surface area contributed by atoms with E-state index in [0.717, 1.165) is 39.1 Å². The molecule has 0 radical (unpaired) electrons. The first kappa shape index (κ1) is 16.7. The first-order chi connectivity index (χ1) is 11.1. The summed E-state index contributed by atoms with van der Waals surface area (Å²) in [6.07, 6.45) is -0.559. The lowest BCUT2D eigenvalue weighted by atomic mass is 9.82. The van der Waals surface area contributed by atoms with Gasteiger partial charge in [0.05, 0.1) is 12.0 Å². The topological polar surface area (TPSA) is 60.6 Å². The van der Waals surface area contributed by atoms with Crippen LogP contribution in [0.5, 0.6) is 0 Å². The number of halogens is 2. The lowest BCUT2D eigenvalue weighted by Gasteiger charge is -2.45. The molecular weight excluding hydrogens is 308 g/mol. The summed E-state index contributed by atoms with van der Waals surface area (Å²) in [5, 5.41) is 8.43. The van der Waals surface area contributed by atoms with E-state index in [2.05, 4.69) is 22.0 Å². The van der Waals surface area contributed by atoms with Crippen LogP contribution in [-0.2, 0) is 14.9 Å². The summed E-state index contributed by atoms with van der Waals surface area (Å²) in [4.78, 5) is 2.14. The molecule has 0 saturated carbocycles. The molecule has 0 N–H and O–H groups in total. The standard InChI is InChI=1S/C15H23F2N3O3/c1-15(9-20(10-15)4-7-22-8-12(16)17)14-19-18-13(23-14)11-2-5-21-6-3-11/h11-12H,2-10H2,1H3. The fraction of sp³-hybridized carbons (Fsp3) is 0.867. The van der Waals surface area contributed by atoms with Crippen molar-refractivity contribution in [3.8, 4) is 0 Å². The van der Waals surface area contributed by atoms with Gasteiger partial charge in [-0.25, -0.2) is 8.78 Å². The van der Waals surface area contributed by atoms with Crippen molar-refractivity contribution in [1.82, 2.24) is 15.1 Å². The van der Waals surface area contributed by atoms with Crippen molar-refractivity contribution in [2.75, 3.05) is 46.1 Å². The van der Waals surface area contributed by atoms with Crippen molar-refractivity contribution in [2.24, 2.45) is 0 Å². The van der Waals surface area contributed by atoms with Gasteiger partial charge in [0, 0.05) is 38.8 Å². The zero-order valence-corrected chi connectivity index (χ0v) is 13.3. The molecule has 0 aliphatic carbocycles. The minimum atomic E-state index is -2.40. The van der Waals surface area contributed by atoms with Crippen molar-refractivity contribution in [2.45, 2.75) is 37.5 Å². The van der Waals surface area contributed by atoms with Gasteiger partial charge in [0.15, 0.2) is 0 Å². The van der Waals surface area contributed by atoms with Gasteiger partial charge in [0.2, 0.25) is 11.8 Å². The van der Waals surface area contributed by atoms with E-state index >= 15 is 0 Å². The molecule has 130 valence electrons. The number of aromatic nitrogens is 2. The average Bonchev–Trinajstić information content (AvgIpc) is 3.00. The quantitative estimate of drug-likeness (QED) is 0.710. The van der Waals surface area contributed by atoms with Gasteiger partial charge < -0.3 is 13.9 Å². The third-order valence-corrected chi connectivity index (χ3v) is 4.47. The molecule has 0 aromatic carbocycles. The molecule has 3 heterocycles. The summed E-state index contributed by atoms with van der Waals surface area (Å²) < 4.78 is 40.1. The molecule has 6 nitrogen and oxygen atoms in total. The van der Waals surface area contributed by atoms with Gasteiger partial charge in [-0.3, -0.25) is 4.90 Å². The van der Waals surface area contributed by atoms with Gasteiger partial charge in [0.1, 0.15) is 6.61 Å². The lowest BCUT2D eigenvalue weighted by Crippen LogP contribution is -2.58. The normalized spacial score (nSPS) is 22.4. The number of alkyl halides is 2. The van der Waals surface area contributed by atoms with Gasteiger partial charge >= 0.3 is 0 Å². The predicted octanol–water partition coefficient (Wildman–Crippen LogP) is 1.82. The Bertz CT molecular complexity index is 500. The molecule has 2 saturated heterocycles. The molecule has 23 heavy (non-hydrogen) atoms. The molecule has 1 aromatic rings. The zero-order valence-electron chi connectivity index (χ0n) is 13.3. The maximum atomic E-state index is 12.0. The first-order valence-electron chi connectivity index (χ1n) is 8.07. The van der Waals surface area contributed by atoms with Crippen molar-refractivity contribution < 1.29 is 22.7 Å². The molecule has 8 heteroatoms. The Balaban J connectivity index is 1.46. The van der Waals surface area contributed by atoms with Crippen molar-refractivity contribution in [1.29, 1.82) is 0 Å². The molecule has 1 aromatic heterocycles. The van der Waals surface area contributed by atoms with Crippen LogP contribution in [0.1, 0.15) is 37.5 Å². The molecule has 2 aliphatic rings. The van der Waals surface area contributed by atoms with Crippen molar-refractivity contribution >= 4 is 0 Å². The number of hydrogen-bond acceptors (Lipinski definition) is 6. The monoisotopic (exact) mass is 331 g/mol. The minimum absolute atomic E-state index is 0.154. The molecule has 0 amide bonds. The van der Waals surface area contributed by atoms with E-state index in [4.69, 9.17) is 13.9 Å². The average molecular weight is 331 g/mol. The van der Waals surface area contributed by atoms with E-state index in [0.29, 0.717) is 30.9 Å². The van der Waals surface area contributed by atoms with E-state index in [9.17, 15) is 8.78 Å². The van der Waals surface area contributed by atoms with Crippen LogP contribution in [0.25, 0.3) is 0 Å². The maximum Gasteiger partial charge on any atom is 0.261 e. The molecule has 3 rings (SSSR count). The highest BCUT2D eigenvalue weighted by molar-refractivity contribution is 5.12. The predicted molar refractivity (Wildman–Crippen MR) is 77.7 cm³/mol. The Morgan fingerprint density at radius 3 is 2.74 bits per heavy atom. The second-order valence-electron chi connectivity index (χ2n) is 6.57. The number of nitrogens with zero attached hydrogens (tertiary/aromatic N) is 3. The van der Waals surface area contributed by atoms with E-state index in [1.807, 2.05) is 0 Å². The highest BCUT2D eigenvalue weighted by Gasteiger charge is 2.44. The largest absolute Gasteiger partial charge is 0.424 e. The Kier molecular flexibility index (Phi) is 5.23. The fourth-order valence-electron chi connectivity index (χ4n) is 3.19. The van der Waals surface area contributed by atoms with Crippen LogP contribution in [0.3, 0.4) is 0 Å². The second kappa shape index (κ2) is 7.19. The smallest absolute Gasteiger partial charge is 0.261 e. The minimum Gasteiger partial charge on any atom is -0.424 e. The number of ether oxygens (including phenoxy) is 2. The number of hydrogen-bond donors (Lipinski definition) is 0. The van der Waals surface area contributed by atoms with Crippen LogP contribution in [0.4, 0.5) is 8.78 Å². The summed E-state index contributed by atoms with van der Waals surface area (Å²) in [5.41, 5.74) is -0.154. The maximum absolute atomic E-state index is 12.0.